The molecule has 0 unspecified atom stereocenters. The van der Waals surface area contributed by atoms with Crippen LogP contribution in [0.1, 0.15) is 29.6 Å². The van der Waals surface area contributed by atoms with E-state index in [1.165, 1.54) is 0 Å². The van der Waals surface area contributed by atoms with Gasteiger partial charge in [0.05, 0.1) is 10.6 Å². The van der Waals surface area contributed by atoms with Gasteiger partial charge in [0.15, 0.2) is 0 Å². The number of carbonyl (C=O) groups is 2. The molecule has 2 aromatic rings. The van der Waals surface area contributed by atoms with Crippen LogP contribution in [0.2, 0.25) is 5.02 Å². The van der Waals surface area contributed by atoms with Crippen molar-refractivity contribution in [1.29, 1.82) is 0 Å². The highest BCUT2D eigenvalue weighted by Gasteiger charge is 2.25. The van der Waals surface area contributed by atoms with Crippen LogP contribution in [0.4, 0.5) is 16.4 Å². The molecule has 0 bridgehead atoms. The molecule has 1 aromatic heterocycles. The molecule has 0 atom stereocenters. The number of amides is 3. The molecule has 1 aromatic carbocycles. The van der Waals surface area contributed by atoms with Crippen molar-refractivity contribution in [3.8, 4) is 0 Å². The molecule has 32 heavy (non-hydrogen) atoms. The molecule has 0 spiro atoms. The number of benzene rings is 1. The molecule has 2 fully saturated rings. The van der Waals surface area contributed by atoms with E-state index in [0.717, 1.165) is 57.9 Å². The summed E-state index contributed by atoms with van der Waals surface area (Å²) < 4.78 is 0. The van der Waals surface area contributed by atoms with Crippen molar-refractivity contribution >= 4 is 35.2 Å². The maximum absolute atomic E-state index is 12.3. The fourth-order valence-corrected chi connectivity index (χ4v) is 3.78. The Kier molecular flexibility index (Phi) is 7.39. The van der Waals surface area contributed by atoms with Crippen molar-refractivity contribution in [2.45, 2.75) is 25.3 Å². The molecule has 3 N–H and O–H groups in total. The predicted octanol–water partition coefficient (Wildman–Crippen LogP) is 2.36. The van der Waals surface area contributed by atoms with Crippen molar-refractivity contribution in [2.24, 2.45) is 0 Å². The summed E-state index contributed by atoms with van der Waals surface area (Å²) in [5.74, 6) is 0.571. The van der Waals surface area contributed by atoms with E-state index in [1.54, 1.807) is 30.6 Å². The molecular formula is C22H28ClN7O2. The van der Waals surface area contributed by atoms with Gasteiger partial charge in [-0.3, -0.25) is 9.69 Å². The molecule has 170 valence electrons. The molecule has 2 aliphatic rings. The summed E-state index contributed by atoms with van der Waals surface area (Å²) in [4.78, 5) is 37.7. The highest BCUT2D eigenvalue weighted by molar-refractivity contribution is 6.34. The Bertz CT molecular complexity index is 931. The summed E-state index contributed by atoms with van der Waals surface area (Å²) in [6, 6.07) is 6.68. The van der Waals surface area contributed by atoms with Gasteiger partial charge in [-0.2, -0.15) is 0 Å². The zero-order chi connectivity index (χ0) is 22.3. The summed E-state index contributed by atoms with van der Waals surface area (Å²) >= 11 is 6.15. The van der Waals surface area contributed by atoms with Crippen molar-refractivity contribution in [2.75, 3.05) is 49.5 Å². The second-order valence-corrected chi connectivity index (χ2v) is 8.46. The minimum atomic E-state index is -0.299. The van der Waals surface area contributed by atoms with Gasteiger partial charge in [0.1, 0.15) is 0 Å². The highest BCUT2D eigenvalue weighted by Crippen LogP contribution is 2.24. The third-order valence-electron chi connectivity index (χ3n) is 5.53. The second-order valence-electron chi connectivity index (χ2n) is 8.05. The second kappa shape index (κ2) is 10.6. The van der Waals surface area contributed by atoms with Crippen LogP contribution in [0.15, 0.2) is 36.7 Å². The van der Waals surface area contributed by atoms with Crippen LogP contribution in [-0.4, -0.2) is 72.1 Å². The third-order valence-corrected chi connectivity index (χ3v) is 5.85. The first kappa shape index (κ1) is 22.3. The van der Waals surface area contributed by atoms with Gasteiger partial charge < -0.3 is 20.9 Å². The molecular weight excluding hydrogens is 430 g/mol. The van der Waals surface area contributed by atoms with Crippen molar-refractivity contribution in [1.82, 2.24) is 25.5 Å². The monoisotopic (exact) mass is 457 g/mol. The summed E-state index contributed by atoms with van der Waals surface area (Å²) in [6.07, 6.45) is 6.38. The number of hydrogen-bond donors (Lipinski definition) is 3. The van der Waals surface area contributed by atoms with E-state index in [4.69, 9.17) is 11.6 Å². The van der Waals surface area contributed by atoms with Gasteiger partial charge in [0, 0.05) is 56.8 Å². The quantitative estimate of drug-likeness (QED) is 0.526. The minimum absolute atomic E-state index is 0.208. The maximum Gasteiger partial charge on any atom is 0.319 e. The summed E-state index contributed by atoms with van der Waals surface area (Å²) in [5, 5.41) is 8.92. The molecule has 1 aliphatic heterocycles. The van der Waals surface area contributed by atoms with Crippen LogP contribution >= 0.6 is 11.6 Å². The van der Waals surface area contributed by atoms with Gasteiger partial charge in [-0.15, -0.1) is 0 Å². The van der Waals surface area contributed by atoms with Crippen LogP contribution in [0.5, 0.6) is 0 Å². The zero-order valence-electron chi connectivity index (χ0n) is 17.9. The molecule has 1 saturated heterocycles. The number of rotatable bonds is 8. The van der Waals surface area contributed by atoms with E-state index in [1.807, 2.05) is 6.07 Å². The lowest BCUT2D eigenvalue weighted by Gasteiger charge is -2.34. The largest absolute Gasteiger partial charge is 0.349 e. The van der Waals surface area contributed by atoms with E-state index in [2.05, 4.69) is 35.7 Å². The number of carbonyl (C=O) groups excluding carboxylic acids is 2. The Morgan fingerprint density at radius 2 is 1.84 bits per heavy atom. The smallest absolute Gasteiger partial charge is 0.319 e. The first-order chi connectivity index (χ1) is 15.6. The molecule has 0 radical (unpaired) electrons. The van der Waals surface area contributed by atoms with Gasteiger partial charge in [-0.05, 0) is 50.1 Å². The molecule has 1 aliphatic carbocycles. The number of aromatic nitrogens is 2. The number of halogens is 1. The van der Waals surface area contributed by atoms with E-state index in [0.29, 0.717) is 22.8 Å². The fraction of sp³-hybridized carbons (Fsp3) is 0.455. The standard InChI is InChI=1S/C22H28ClN7O2/c23-19-6-5-17(15-18(19)20(31)27-16-3-4-16)28-22(32)26-9-2-10-29-11-13-30(14-12-29)21-24-7-1-8-25-21/h1,5-8,15-16H,2-4,9-14H2,(H,27,31)(H2,26,28,32). The summed E-state index contributed by atoms with van der Waals surface area (Å²) in [5.41, 5.74) is 0.906. The van der Waals surface area contributed by atoms with Crippen molar-refractivity contribution in [3.05, 3.63) is 47.2 Å². The van der Waals surface area contributed by atoms with Gasteiger partial charge in [0.2, 0.25) is 5.95 Å². The van der Waals surface area contributed by atoms with E-state index in [-0.39, 0.29) is 18.0 Å². The van der Waals surface area contributed by atoms with Crippen LogP contribution in [0.25, 0.3) is 0 Å². The first-order valence-corrected chi connectivity index (χ1v) is 11.4. The summed E-state index contributed by atoms with van der Waals surface area (Å²) in [6.45, 7) is 5.16. The number of nitrogens with zero attached hydrogens (tertiary/aromatic N) is 4. The van der Waals surface area contributed by atoms with Gasteiger partial charge >= 0.3 is 6.03 Å². The van der Waals surface area contributed by atoms with E-state index < -0.39 is 0 Å². The molecule has 1 saturated carbocycles. The number of piperazine rings is 1. The van der Waals surface area contributed by atoms with Gasteiger partial charge in [-0.25, -0.2) is 14.8 Å². The van der Waals surface area contributed by atoms with Crippen LogP contribution < -0.4 is 20.9 Å². The molecule has 4 rings (SSSR count). The van der Waals surface area contributed by atoms with Gasteiger partial charge in [-0.1, -0.05) is 11.6 Å². The molecule has 9 nitrogen and oxygen atoms in total. The Morgan fingerprint density at radius 3 is 2.56 bits per heavy atom. The Balaban J connectivity index is 1.15. The number of hydrogen-bond acceptors (Lipinski definition) is 6. The lowest BCUT2D eigenvalue weighted by atomic mass is 10.2. The summed E-state index contributed by atoms with van der Waals surface area (Å²) in [7, 11) is 0. The van der Waals surface area contributed by atoms with Crippen LogP contribution in [0, 0.1) is 0 Å². The Hall–Kier alpha value is -2.91. The average molecular weight is 458 g/mol. The average Bonchev–Trinajstić information content (AvgIpc) is 3.63. The number of anilines is 2. The molecule has 2 heterocycles. The van der Waals surface area contributed by atoms with Crippen molar-refractivity contribution in [3.63, 3.8) is 0 Å². The Labute approximate surface area is 192 Å². The Morgan fingerprint density at radius 1 is 1.09 bits per heavy atom. The van der Waals surface area contributed by atoms with E-state index >= 15 is 0 Å². The first-order valence-electron chi connectivity index (χ1n) is 11.0. The third kappa shape index (κ3) is 6.30. The predicted molar refractivity (Wildman–Crippen MR) is 124 cm³/mol. The maximum atomic E-state index is 12.3. The highest BCUT2D eigenvalue weighted by atomic mass is 35.5. The van der Waals surface area contributed by atoms with E-state index in [9.17, 15) is 9.59 Å². The molecule has 3 amide bonds. The topological polar surface area (TPSA) is 102 Å². The minimum Gasteiger partial charge on any atom is -0.349 e. The van der Waals surface area contributed by atoms with Crippen molar-refractivity contribution < 1.29 is 9.59 Å². The van der Waals surface area contributed by atoms with Crippen LogP contribution in [0.3, 0.4) is 0 Å². The SMILES string of the molecule is O=C(NCCCN1CCN(c2ncccn2)CC1)Nc1ccc(Cl)c(C(=O)NC2CC2)c1. The zero-order valence-corrected chi connectivity index (χ0v) is 18.6. The van der Waals surface area contributed by atoms with Crippen LogP contribution in [-0.2, 0) is 0 Å². The molecule has 10 heteroatoms. The normalized spacial score (nSPS) is 16.5. The lowest BCUT2D eigenvalue weighted by Crippen LogP contribution is -2.47. The lowest BCUT2D eigenvalue weighted by molar-refractivity contribution is 0.0951. The van der Waals surface area contributed by atoms with Gasteiger partial charge in [0.25, 0.3) is 5.91 Å². The number of nitrogens with one attached hydrogen (secondary N) is 3. The fourth-order valence-electron chi connectivity index (χ4n) is 3.57. The number of urea groups is 1.